The number of halogens is 2. The highest BCUT2D eigenvalue weighted by molar-refractivity contribution is 14.1. The number of nitrogens with one attached hydrogen (secondary N) is 2. The average molecular weight is 603 g/mol. The summed E-state index contributed by atoms with van der Waals surface area (Å²) in [6, 6.07) is 17.7. The molecule has 7 nitrogen and oxygen atoms in total. The monoisotopic (exact) mass is 603 g/mol. The normalized spacial score (nSPS) is 11.8. The molecule has 3 aromatic rings. The number of rotatable bonds is 10. The van der Waals surface area contributed by atoms with Crippen molar-refractivity contribution in [3.05, 3.63) is 92.8 Å². The molecule has 2 N–H and O–H groups in total. The summed E-state index contributed by atoms with van der Waals surface area (Å²) in [4.78, 5) is 25.2. The Balaban J connectivity index is 1.65. The van der Waals surface area contributed by atoms with Gasteiger partial charge in [-0.25, -0.2) is 9.82 Å². The predicted octanol–water partition coefficient (Wildman–Crippen LogP) is 4.92. The first kappa shape index (κ1) is 27.1. The summed E-state index contributed by atoms with van der Waals surface area (Å²) in [5, 5.41) is 6.73. The summed E-state index contributed by atoms with van der Waals surface area (Å²) in [5.41, 5.74) is 4.47. The number of carbonyl (C=O) groups excluding carboxylic acids is 2. The highest BCUT2D eigenvalue weighted by atomic mass is 127. The fourth-order valence-corrected chi connectivity index (χ4v) is 4.07. The van der Waals surface area contributed by atoms with Crippen molar-refractivity contribution in [2.24, 2.45) is 11.0 Å². The van der Waals surface area contributed by atoms with E-state index in [-0.39, 0.29) is 11.5 Å². The zero-order valence-corrected chi connectivity index (χ0v) is 22.3. The summed E-state index contributed by atoms with van der Waals surface area (Å²) in [5.74, 6) is -0.434. The minimum atomic E-state index is -0.830. The second-order valence-electron chi connectivity index (χ2n) is 8.24. The molecule has 3 aromatic carbocycles. The van der Waals surface area contributed by atoms with Gasteiger partial charge in [0.05, 0.1) is 16.9 Å². The van der Waals surface area contributed by atoms with E-state index >= 15 is 0 Å². The number of nitrogens with zero attached hydrogens (tertiary/aromatic N) is 1. The molecule has 2 amide bonds. The zero-order valence-electron chi connectivity index (χ0n) is 20.1. The number of methoxy groups -OCH3 is 1. The fraction of sp³-hybridized carbons (Fsp3) is 0.222. The molecule has 36 heavy (non-hydrogen) atoms. The van der Waals surface area contributed by atoms with Gasteiger partial charge in [-0.15, -0.1) is 0 Å². The quantitative estimate of drug-likeness (QED) is 0.196. The largest absolute Gasteiger partial charge is 0.493 e. The van der Waals surface area contributed by atoms with Crippen molar-refractivity contribution in [2.75, 3.05) is 7.11 Å². The van der Waals surface area contributed by atoms with Crippen molar-refractivity contribution in [1.82, 2.24) is 10.7 Å². The van der Waals surface area contributed by atoms with E-state index in [4.69, 9.17) is 9.47 Å². The maximum atomic E-state index is 13.1. The lowest BCUT2D eigenvalue weighted by molar-refractivity contribution is -0.123. The van der Waals surface area contributed by atoms with E-state index in [0.29, 0.717) is 23.7 Å². The van der Waals surface area contributed by atoms with E-state index in [1.807, 2.05) is 36.4 Å². The molecular formula is C27H27FIN3O4. The summed E-state index contributed by atoms with van der Waals surface area (Å²) in [6.07, 6.45) is 1.49. The molecule has 1 atom stereocenters. The first-order valence-corrected chi connectivity index (χ1v) is 12.3. The molecule has 3 rings (SSSR count). The molecule has 0 aliphatic carbocycles. The SMILES string of the molecule is COc1cc(/C=N/NC(=O)C(NC(=O)c2ccc(F)cc2)C(C)C)cc(I)c1OCc1ccccc1. The molecule has 0 bridgehead atoms. The van der Waals surface area contributed by atoms with E-state index in [9.17, 15) is 14.0 Å². The molecule has 0 aliphatic rings. The third kappa shape index (κ3) is 7.51. The number of hydrogen-bond donors (Lipinski definition) is 2. The second kappa shape index (κ2) is 13.0. The second-order valence-corrected chi connectivity index (χ2v) is 9.41. The van der Waals surface area contributed by atoms with Gasteiger partial charge in [-0.1, -0.05) is 44.2 Å². The minimum absolute atomic E-state index is 0.202. The molecule has 1 unspecified atom stereocenters. The molecule has 0 saturated carbocycles. The Morgan fingerprint density at radius 1 is 1.08 bits per heavy atom. The van der Waals surface area contributed by atoms with Gasteiger partial charge < -0.3 is 14.8 Å². The van der Waals surface area contributed by atoms with Gasteiger partial charge in [-0.3, -0.25) is 9.59 Å². The molecule has 188 valence electrons. The summed E-state index contributed by atoms with van der Waals surface area (Å²) in [6.45, 7) is 4.01. The van der Waals surface area contributed by atoms with Crippen molar-refractivity contribution >= 4 is 40.6 Å². The van der Waals surface area contributed by atoms with Gasteiger partial charge in [0, 0.05) is 5.56 Å². The van der Waals surface area contributed by atoms with E-state index in [1.54, 1.807) is 27.0 Å². The zero-order chi connectivity index (χ0) is 26.1. The van der Waals surface area contributed by atoms with Crippen LogP contribution in [-0.4, -0.2) is 31.2 Å². The van der Waals surface area contributed by atoms with Gasteiger partial charge in [0.15, 0.2) is 11.5 Å². The van der Waals surface area contributed by atoms with Crippen LogP contribution in [0.15, 0.2) is 71.8 Å². The van der Waals surface area contributed by atoms with E-state index < -0.39 is 23.7 Å². The number of hydrazone groups is 1. The Kier molecular flexibility index (Phi) is 9.80. The van der Waals surface area contributed by atoms with Crippen LogP contribution in [0.2, 0.25) is 0 Å². The van der Waals surface area contributed by atoms with E-state index in [2.05, 4.69) is 38.4 Å². The highest BCUT2D eigenvalue weighted by Crippen LogP contribution is 2.34. The van der Waals surface area contributed by atoms with Gasteiger partial charge in [-0.05, 0) is 76.0 Å². The number of benzene rings is 3. The number of ether oxygens (including phenoxy) is 2. The lowest BCUT2D eigenvalue weighted by atomic mass is 10.0. The summed E-state index contributed by atoms with van der Waals surface area (Å²) in [7, 11) is 1.56. The standard InChI is InChI=1S/C27H27FIN3O4/c1-17(2)24(31-26(33)20-9-11-21(28)12-10-20)27(34)32-30-15-19-13-22(29)25(23(14-19)35-3)36-16-18-7-5-4-6-8-18/h4-15,17,24H,16H2,1-3H3,(H,31,33)(H,32,34)/b30-15+. The molecule has 0 spiro atoms. The fourth-order valence-electron chi connectivity index (χ4n) is 3.28. The van der Waals surface area contributed by atoms with Crippen molar-refractivity contribution in [2.45, 2.75) is 26.5 Å². The first-order valence-electron chi connectivity index (χ1n) is 11.2. The Hall–Kier alpha value is -3.47. The molecule has 0 radical (unpaired) electrons. The Labute approximate surface area is 223 Å². The average Bonchev–Trinajstić information content (AvgIpc) is 2.87. The highest BCUT2D eigenvalue weighted by Gasteiger charge is 2.24. The van der Waals surface area contributed by atoms with Crippen LogP contribution in [0, 0.1) is 15.3 Å². The molecular weight excluding hydrogens is 576 g/mol. The van der Waals surface area contributed by atoms with Gasteiger partial charge in [0.25, 0.3) is 11.8 Å². The van der Waals surface area contributed by atoms with Crippen molar-refractivity contribution < 1.29 is 23.5 Å². The summed E-state index contributed by atoms with van der Waals surface area (Å²) < 4.78 is 25.4. The van der Waals surface area contributed by atoms with Gasteiger partial charge >= 0.3 is 0 Å². The minimum Gasteiger partial charge on any atom is -0.493 e. The lowest BCUT2D eigenvalue weighted by Crippen LogP contribution is -2.48. The molecule has 9 heteroatoms. The molecule has 0 fully saturated rings. The molecule has 0 aromatic heterocycles. The van der Waals surface area contributed by atoms with Crippen LogP contribution in [0.1, 0.15) is 35.3 Å². The van der Waals surface area contributed by atoms with E-state index in [1.165, 1.54) is 30.5 Å². The van der Waals surface area contributed by atoms with E-state index in [0.717, 1.165) is 9.13 Å². The van der Waals surface area contributed by atoms with Crippen molar-refractivity contribution in [3.8, 4) is 11.5 Å². The third-order valence-electron chi connectivity index (χ3n) is 5.21. The summed E-state index contributed by atoms with van der Waals surface area (Å²) >= 11 is 2.16. The Morgan fingerprint density at radius 3 is 2.42 bits per heavy atom. The number of amides is 2. The molecule has 0 saturated heterocycles. The Bertz CT molecular complexity index is 1220. The number of carbonyl (C=O) groups is 2. The van der Waals surface area contributed by atoms with Crippen LogP contribution in [0.5, 0.6) is 11.5 Å². The lowest BCUT2D eigenvalue weighted by Gasteiger charge is -2.20. The molecule has 0 heterocycles. The predicted molar refractivity (Wildman–Crippen MR) is 145 cm³/mol. The van der Waals surface area contributed by atoms with Crippen LogP contribution in [0.4, 0.5) is 4.39 Å². The number of hydrogen-bond acceptors (Lipinski definition) is 5. The smallest absolute Gasteiger partial charge is 0.262 e. The van der Waals surface area contributed by atoms with Gasteiger partial charge in [0.2, 0.25) is 0 Å². The molecule has 0 aliphatic heterocycles. The van der Waals surface area contributed by atoms with Crippen LogP contribution in [-0.2, 0) is 11.4 Å². The first-order chi connectivity index (χ1) is 17.3. The van der Waals surface area contributed by atoms with Crippen LogP contribution in [0.3, 0.4) is 0 Å². The van der Waals surface area contributed by atoms with Gasteiger partial charge in [-0.2, -0.15) is 5.10 Å². The topological polar surface area (TPSA) is 89.0 Å². The maximum absolute atomic E-state index is 13.1. The van der Waals surface area contributed by atoms with Crippen LogP contribution in [0.25, 0.3) is 0 Å². The van der Waals surface area contributed by atoms with Crippen LogP contribution >= 0.6 is 22.6 Å². The van der Waals surface area contributed by atoms with Crippen LogP contribution < -0.4 is 20.2 Å². The van der Waals surface area contributed by atoms with Crippen molar-refractivity contribution in [3.63, 3.8) is 0 Å². The van der Waals surface area contributed by atoms with Crippen molar-refractivity contribution in [1.29, 1.82) is 0 Å². The Morgan fingerprint density at radius 2 is 1.78 bits per heavy atom. The van der Waals surface area contributed by atoms with Gasteiger partial charge in [0.1, 0.15) is 18.5 Å². The maximum Gasteiger partial charge on any atom is 0.262 e. The third-order valence-corrected chi connectivity index (χ3v) is 6.01.